The van der Waals surface area contributed by atoms with Crippen LogP contribution in [0.15, 0.2) is 53.1 Å². The first kappa shape index (κ1) is 17.2. The molecule has 130 valence electrons. The standard InChI is InChI=1S/C17H16FN3O3S/c1-12-4-2-3-5-14(12)11-25(22,23)19-10-16-20-17(21-24-16)13-6-8-15(18)9-7-13/h2-9,19H,10-11H2,1H3. The van der Waals surface area contributed by atoms with E-state index in [4.69, 9.17) is 4.52 Å². The molecule has 0 bridgehead atoms. The Morgan fingerprint density at radius 2 is 1.84 bits per heavy atom. The predicted molar refractivity (Wildman–Crippen MR) is 90.3 cm³/mol. The fraction of sp³-hybridized carbons (Fsp3) is 0.176. The molecule has 0 saturated heterocycles. The largest absolute Gasteiger partial charge is 0.338 e. The minimum absolute atomic E-state index is 0.109. The molecule has 1 heterocycles. The van der Waals surface area contributed by atoms with Crippen LogP contribution in [0.3, 0.4) is 0 Å². The highest BCUT2D eigenvalue weighted by atomic mass is 32.2. The Balaban J connectivity index is 1.65. The zero-order chi connectivity index (χ0) is 17.9. The fourth-order valence-corrected chi connectivity index (χ4v) is 3.42. The first-order valence-corrected chi connectivity index (χ1v) is 9.18. The third-order valence-corrected chi connectivity index (χ3v) is 4.90. The molecule has 1 N–H and O–H groups in total. The van der Waals surface area contributed by atoms with E-state index in [1.807, 2.05) is 19.1 Å². The summed E-state index contributed by atoms with van der Waals surface area (Å²) < 4.78 is 44.8. The Bertz CT molecular complexity index is 969. The molecule has 2 aromatic carbocycles. The van der Waals surface area contributed by atoms with E-state index in [2.05, 4.69) is 14.9 Å². The maximum Gasteiger partial charge on any atom is 0.242 e. The van der Waals surface area contributed by atoms with Crippen LogP contribution < -0.4 is 4.72 Å². The molecule has 3 rings (SSSR count). The molecule has 8 heteroatoms. The molecule has 0 radical (unpaired) electrons. The number of halogens is 1. The summed E-state index contributed by atoms with van der Waals surface area (Å²) >= 11 is 0. The van der Waals surface area contributed by atoms with Crippen LogP contribution in [0.4, 0.5) is 4.39 Å². The van der Waals surface area contributed by atoms with E-state index >= 15 is 0 Å². The lowest BCUT2D eigenvalue weighted by Gasteiger charge is -2.07. The number of hydrogen-bond acceptors (Lipinski definition) is 5. The number of nitrogens with zero attached hydrogens (tertiary/aromatic N) is 2. The lowest BCUT2D eigenvalue weighted by atomic mass is 10.1. The minimum Gasteiger partial charge on any atom is -0.338 e. The number of rotatable bonds is 6. The summed E-state index contributed by atoms with van der Waals surface area (Å²) in [7, 11) is -3.54. The maximum atomic E-state index is 12.9. The smallest absolute Gasteiger partial charge is 0.242 e. The van der Waals surface area contributed by atoms with Gasteiger partial charge in [-0.05, 0) is 42.3 Å². The maximum absolute atomic E-state index is 12.9. The van der Waals surface area contributed by atoms with Crippen molar-refractivity contribution in [2.75, 3.05) is 0 Å². The summed E-state index contributed by atoms with van der Waals surface area (Å²) in [5.41, 5.74) is 2.22. The van der Waals surface area contributed by atoms with Crippen molar-refractivity contribution in [2.24, 2.45) is 0 Å². The van der Waals surface area contributed by atoms with Crippen LogP contribution in [0.2, 0.25) is 0 Å². The predicted octanol–water partition coefficient (Wildman–Crippen LogP) is 2.80. The fourth-order valence-electron chi connectivity index (χ4n) is 2.24. The van der Waals surface area contributed by atoms with Crippen molar-refractivity contribution in [1.82, 2.24) is 14.9 Å². The number of benzene rings is 2. The molecule has 3 aromatic rings. The van der Waals surface area contributed by atoms with Crippen molar-refractivity contribution in [3.8, 4) is 11.4 Å². The number of sulfonamides is 1. The van der Waals surface area contributed by atoms with Gasteiger partial charge >= 0.3 is 0 Å². The van der Waals surface area contributed by atoms with Gasteiger partial charge in [-0.15, -0.1) is 0 Å². The zero-order valence-corrected chi connectivity index (χ0v) is 14.3. The third-order valence-electron chi connectivity index (χ3n) is 3.62. The van der Waals surface area contributed by atoms with Crippen LogP contribution in [0.5, 0.6) is 0 Å². The van der Waals surface area contributed by atoms with E-state index < -0.39 is 10.0 Å². The minimum atomic E-state index is -3.54. The molecule has 6 nitrogen and oxygen atoms in total. The van der Waals surface area contributed by atoms with Gasteiger partial charge in [0.05, 0.1) is 12.3 Å². The Morgan fingerprint density at radius 1 is 1.12 bits per heavy atom. The average Bonchev–Trinajstić information content (AvgIpc) is 3.05. The highest BCUT2D eigenvalue weighted by Gasteiger charge is 2.15. The van der Waals surface area contributed by atoms with Gasteiger partial charge in [0.1, 0.15) is 5.82 Å². The van der Waals surface area contributed by atoms with Crippen molar-refractivity contribution in [1.29, 1.82) is 0 Å². The molecule has 0 aliphatic carbocycles. The first-order valence-electron chi connectivity index (χ1n) is 7.53. The molecular weight excluding hydrogens is 345 g/mol. The average molecular weight is 361 g/mol. The van der Waals surface area contributed by atoms with Gasteiger partial charge in [0.2, 0.25) is 21.7 Å². The highest BCUT2D eigenvalue weighted by molar-refractivity contribution is 7.88. The van der Waals surface area contributed by atoms with E-state index in [9.17, 15) is 12.8 Å². The molecule has 0 fully saturated rings. The Kier molecular flexibility index (Phi) is 4.91. The first-order chi connectivity index (χ1) is 11.9. The molecule has 0 amide bonds. The number of hydrogen-bond donors (Lipinski definition) is 1. The van der Waals surface area contributed by atoms with Gasteiger partial charge in [0, 0.05) is 5.56 Å². The van der Waals surface area contributed by atoms with Crippen LogP contribution in [0.25, 0.3) is 11.4 Å². The van der Waals surface area contributed by atoms with Gasteiger partial charge in [-0.1, -0.05) is 29.4 Å². The van der Waals surface area contributed by atoms with Gasteiger partial charge in [0.15, 0.2) is 0 Å². The lowest BCUT2D eigenvalue weighted by Crippen LogP contribution is -2.25. The number of aryl methyl sites for hydroxylation is 1. The SMILES string of the molecule is Cc1ccccc1CS(=O)(=O)NCc1nc(-c2ccc(F)cc2)no1. The summed E-state index contributed by atoms with van der Waals surface area (Å²) in [4.78, 5) is 4.11. The molecule has 0 spiro atoms. The van der Waals surface area contributed by atoms with E-state index in [-0.39, 0.29) is 29.8 Å². The van der Waals surface area contributed by atoms with Crippen LogP contribution in [-0.4, -0.2) is 18.6 Å². The molecule has 0 aliphatic heterocycles. The topological polar surface area (TPSA) is 85.1 Å². The number of aromatic nitrogens is 2. The Labute approximate surface area is 144 Å². The van der Waals surface area contributed by atoms with E-state index in [1.54, 1.807) is 12.1 Å². The van der Waals surface area contributed by atoms with Crippen LogP contribution in [0, 0.1) is 12.7 Å². The van der Waals surface area contributed by atoms with Crippen molar-refractivity contribution in [3.05, 3.63) is 71.4 Å². The second-order valence-corrected chi connectivity index (χ2v) is 7.33. The molecular formula is C17H16FN3O3S. The molecule has 0 atom stereocenters. The number of nitrogens with one attached hydrogen (secondary N) is 1. The van der Waals surface area contributed by atoms with E-state index in [0.717, 1.165) is 11.1 Å². The Morgan fingerprint density at radius 3 is 2.56 bits per heavy atom. The van der Waals surface area contributed by atoms with Gasteiger partial charge in [-0.2, -0.15) is 4.98 Å². The summed E-state index contributed by atoms with van der Waals surface area (Å²) in [5, 5.41) is 3.77. The second-order valence-electron chi connectivity index (χ2n) is 5.53. The molecule has 25 heavy (non-hydrogen) atoms. The van der Waals surface area contributed by atoms with Crippen LogP contribution in [0.1, 0.15) is 17.0 Å². The highest BCUT2D eigenvalue weighted by Crippen LogP contribution is 2.16. The monoisotopic (exact) mass is 361 g/mol. The van der Waals surface area contributed by atoms with Gasteiger partial charge in [0.25, 0.3) is 0 Å². The van der Waals surface area contributed by atoms with Crippen molar-refractivity contribution >= 4 is 10.0 Å². The van der Waals surface area contributed by atoms with E-state index in [1.165, 1.54) is 24.3 Å². The van der Waals surface area contributed by atoms with E-state index in [0.29, 0.717) is 5.56 Å². The molecule has 1 aromatic heterocycles. The quantitative estimate of drug-likeness (QED) is 0.730. The lowest BCUT2D eigenvalue weighted by molar-refractivity contribution is 0.376. The van der Waals surface area contributed by atoms with Gasteiger partial charge in [-0.25, -0.2) is 17.5 Å². The summed E-state index contributed by atoms with van der Waals surface area (Å²) in [6.45, 7) is 1.75. The molecule has 0 unspecified atom stereocenters. The summed E-state index contributed by atoms with van der Waals surface area (Å²) in [6.07, 6.45) is 0. The van der Waals surface area contributed by atoms with Gasteiger partial charge < -0.3 is 4.52 Å². The summed E-state index contributed by atoms with van der Waals surface area (Å²) in [6, 6.07) is 12.9. The van der Waals surface area contributed by atoms with Crippen LogP contribution >= 0.6 is 0 Å². The normalized spacial score (nSPS) is 11.6. The van der Waals surface area contributed by atoms with Crippen LogP contribution in [-0.2, 0) is 22.3 Å². The molecule has 0 saturated carbocycles. The van der Waals surface area contributed by atoms with Gasteiger partial charge in [-0.3, -0.25) is 0 Å². The molecule has 0 aliphatic rings. The Hall–Kier alpha value is -2.58. The van der Waals surface area contributed by atoms with Crippen molar-refractivity contribution in [2.45, 2.75) is 19.2 Å². The van der Waals surface area contributed by atoms with Crippen molar-refractivity contribution < 1.29 is 17.3 Å². The third kappa shape index (κ3) is 4.49. The second kappa shape index (κ2) is 7.12. The zero-order valence-electron chi connectivity index (χ0n) is 13.4. The van der Waals surface area contributed by atoms with Crippen molar-refractivity contribution in [3.63, 3.8) is 0 Å². The summed E-state index contributed by atoms with van der Waals surface area (Å²) in [5.74, 6) is -0.0873.